The molecule has 0 aliphatic heterocycles. The number of rotatable bonds is 6. The van der Waals surface area contributed by atoms with E-state index in [0.29, 0.717) is 34.2 Å². The molecule has 0 unspecified atom stereocenters. The number of anilines is 1. The zero-order valence-electron chi connectivity index (χ0n) is 13.9. The molecule has 7 heteroatoms. The Bertz CT molecular complexity index is 939. The van der Waals surface area contributed by atoms with Gasteiger partial charge in [-0.2, -0.15) is 0 Å². The van der Waals surface area contributed by atoms with Crippen molar-refractivity contribution >= 4 is 34.9 Å². The van der Waals surface area contributed by atoms with E-state index in [2.05, 4.69) is 5.32 Å². The Labute approximate surface area is 150 Å². The number of carbonyl (C=O) groups excluding carboxylic acids is 1. The number of amides is 1. The van der Waals surface area contributed by atoms with Crippen molar-refractivity contribution in [3.05, 3.63) is 47.3 Å². The van der Waals surface area contributed by atoms with Crippen molar-refractivity contribution in [3.63, 3.8) is 0 Å². The molecule has 0 fully saturated rings. The molecule has 0 aliphatic carbocycles. The summed E-state index contributed by atoms with van der Waals surface area (Å²) in [4.78, 5) is 12.6. The maximum absolute atomic E-state index is 12.3. The van der Waals surface area contributed by atoms with Crippen LogP contribution in [0.25, 0.3) is 11.1 Å². The van der Waals surface area contributed by atoms with Crippen molar-refractivity contribution in [3.8, 4) is 11.5 Å². The van der Waals surface area contributed by atoms with Gasteiger partial charge in [0.15, 0.2) is 5.58 Å². The SMILES string of the molecule is COc1cc(NC(=O)CCn2c(=S)oc3ccccc32)cc(OC)c1. The van der Waals surface area contributed by atoms with E-state index in [4.69, 9.17) is 26.1 Å². The quantitative estimate of drug-likeness (QED) is 0.675. The minimum absolute atomic E-state index is 0.137. The molecule has 1 heterocycles. The molecule has 130 valence electrons. The van der Waals surface area contributed by atoms with E-state index < -0.39 is 0 Å². The molecule has 3 rings (SSSR count). The van der Waals surface area contributed by atoms with E-state index >= 15 is 0 Å². The smallest absolute Gasteiger partial charge is 0.269 e. The van der Waals surface area contributed by atoms with Gasteiger partial charge in [-0.1, -0.05) is 12.1 Å². The fourth-order valence-corrected chi connectivity index (χ4v) is 2.82. The number of aryl methyl sites for hydroxylation is 1. The van der Waals surface area contributed by atoms with Crippen LogP contribution in [0.5, 0.6) is 11.5 Å². The summed E-state index contributed by atoms with van der Waals surface area (Å²) in [6.45, 7) is 0.433. The number of oxazole rings is 1. The largest absolute Gasteiger partial charge is 0.497 e. The summed E-state index contributed by atoms with van der Waals surface area (Å²) >= 11 is 5.23. The van der Waals surface area contributed by atoms with Crippen molar-refractivity contribution in [1.82, 2.24) is 4.57 Å². The summed E-state index contributed by atoms with van der Waals surface area (Å²) in [5.41, 5.74) is 2.20. The number of hydrogen-bond donors (Lipinski definition) is 1. The highest BCUT2D eigenvalue weighted by atomic mass is 32.1. The average Bonchev–Trinajstić information content (AvgIpc) is 2.94. The van der Waals surface area contributed by atoms with E-state index in [9.17, 15) is 4.79 Å². The predicted octanol–water partition coefficient (Wildman–Crippen LogP) is 4.01. The summed E-state index contributed by atoms with van der Waals surface area (Å²) in [6.07, 6.45) is 0.261. The highest BCUT2D eigenvalue weighted by Gasteiger charge is 2.10. The lowest BCUT2D eigenvalue weighted by molar-refractivity contribution is -0.116. The van der Waals surface area contributed by atoms with Gasteiger partial charge >= 0.3 is 0 Å². The van der Waals surface area contributed by atoms with Crippen molar-refractivity contribution < 1.29 is 18.7 Å². The average molecular weight is 358 g/mol. The number of hydrogen-bond acceptors (Lipinski definition) is 5. The zero-order valence-corrected chi connectivity index (χ0v) is 14.8. The van der Waals surface area contributed by atoms with Crippen LogP contribution in [0.1, 0.15) is 6.42 Å². The third-order valence-electron chi connectivity index (χ3n) is 3.77. The van der Waals surface area contributed by atoms with Crippen LogP contribution in [-0.2, 0) is 11.3 Å². The van der Waals surface area contributed by atoms with E-state index in [0.717, 1.165) is 5.52 Å². The van der Waals surface area contributed by atoms with Gasteiger partial charge in [-0.15, -0.1) is 0 Å². The molecule has 0 spiro atoms. The maximum atomic E-state index is 12.3. The van der Waals surface area contributed by atoms with Gasteiger partial charge in [0.25, 0.3) is 4.84 Å². The Hall–Kier alpha value is -2.80. The summed E-state index contributed by atoms with van der Waals surface area (Å²) < 4.78 is 17.7. The lowest BCUT2D eigenvalue weighted by Crippen LogP contribution is -2.14. The van der Waals surface area contributed by atoms with Gasteiger partial charge in [-0.3, -0.25) is 9.36 Å². The minimum Gasteiger partial charge on any atom is -0.497 e. The molecule has 0 aliphatic rings. The minimum atomic E-state index is -0.137. The third-order valence-corrected chi connectivity index (χ3v) is 4.08. The summed E-state index contributed by atoms with van der Waals surface area (Å²) in [6, 6.07) is 12.8. The summed E-state index contributed by atoms with van der Waals surface area (Å²) in [5.74, 6) is 1.08. The first kappa shape index (κ1) is 17.0. The van der Waals surface area contributed by atoms with E-state index in [-0.39, 0.29) is 12.3 Å². The first-order valence-electron chi connectivity index (χ1n) is 7.72. The van der Waals surface area contributed by atoms with Crippen LogP contribution >= 0.6 is 12.2 Å². The monoisotopic (exact) mass is 358 g/mol. The van der Waals surface area contributed by atoms with Crippen LogP contribution in [0.3, 0.4) is 0 Å². The van der Waals surface area contributed by atoms with Gasteiger partial charge in [-0.25, -0.2) is 0 Å². The number of ether oxygens (including phenoxy) is 2. The van der Waals surface area contributed by atoms with Gasteiger partial charge in [0.1, 0.15) is 11.5 Å². The fourth-order valence-electron chi connectivity index (χ4n) is 2.54. The van der Waals surface area contributed by atoms with Gasteiger partial charge in [-0.05, 0) is 24.4 Å². The van der Waals surface area contributed by atoms with Gasteiger partial charge in [0.2, 0.25) is 5.91 Å². The molecule has 0 atom stereocenters. The van der Waals surface area contributed by atoms with Crippen LogP contribution in [0.2, 0.25) is 0 Å². The normalized spacial score (nSPS) is 10.6. The number of aromatic nitrogens is 1. The van der Waals surface area contributed by atoms with Crippen LogP contribution in [-0.4, -0.2) is 24.7 Å². The Morgan fingerprint density at radius 2 is 1.84 bits per heavy atom. The molecule has 2 aromatic carbocycles. The Balaban J connectivity index is 1.71. The topological polar surface area (TPSA) is 65.6 Å². The van der Waals surface area contributed by atoms with Crippen LogP contribution < -0.4 is 14.8 Å². The molecule has 1 aromatic heterocycles. The van der Waals surface area contributed by atoms with Gasteiger partial charge in [0, 0.05) is 36.9 Å². The lowest BCUT2D eigenvalue weighted by Gasteiger charge is -2.10. The first-order chi connectivity index (χ1) is 12.1. The standard InChI is InChI=1S/C18H18N2O4S/c1-22-13-9-12(10-14(11-13)23-2)19-17(21)7-8-20-15-5-3-4-6-16(15)24-18(20)25/h3-6,9-11H,7-8H2,1-2H3,(H,19,21). The molecule has 25 heavy (non-hydrogen) atoms. The molecule has 3 aromatic rings. The van der Waals surface area contributed by atoms with Gasteiger partial charge < -0.3 is 19.2 Å². The van der Waals surface area contributed by atoms with Crippen molar-refractivity contribution in [1.29, 1.82) is 0 Å². The number of para-hydroxylation sites is 2. The molecular weight excluding hydrogens is 340 g/mol. The molecule has 1 amide bonds. The first-order valence-corrected chi connectivity index (χ1v) is 8.13. The van der Waals surface area contributed by atoms with Gasteiger partial charge in [0.05, 0.1) is 19.7 Å². The predicted molar refractivity (Wildman–Crippen MR) is 97.8 cm³/mol. The maximum Gasteiger partial charge on any atom is 0.269 e. The van der Waals surface area contributed by atoms with Crippen LogP contribution in [0, 0.1) is 4.84 Å². The molecular formula is C18H18N2O4S. The second-order valence-electron chi connectivity index (χ2n) is 5.39. The number of fused-ring (bicyclic) bond motifs is 1. The molecule has 0 saturated carbocycles. The molecule has 0 bridgehead atoms. The highest BCUT2D eigenvalue weighted by Crippen LogP contribution is 2.26. The molecule has 0 saturated heterocycles. The Morgan fingerprint density at radius 1 is 1.16 bits per heavy atom. The second kappa shape index (κ2) is 7.40. The Morgan fingerprint density at radius 3 is 2.52 bits per heavy atom. The molecule has 1 N–H and O–H groups in total. The number of nitrogens with zero attached hydrogens (tertiary/aromatic N) is 1. The Kier molecular flexibility index (Phi) is 5.04. The van der Waals surface area contributed by atoms with Crippen molar-refractivity contribution in [2.45, 2.75) is 13.0 Å². The number of nitrogens with one attached hydrogen (secondary N) is 1. The molecule has 0 radical (unpaired) electrons. The number of benzene rings is 2. The van der Waals surface area contributed by atoms with Crippen LogP contribution in [0.4, 0.5) is 5.69 Å². The van der Waals surface area contributed by atoms with E-state index in [1.165, 1.54) is 0 Å². The summed E-state index contributed by atoms with van der Waals surface area (Å²) in [7, 11) is 3.12. The number of carbonyl (C=O) groups is 1. The number of methoxy groups -OCH3 is 2. The van der Waals surface area contributed by atoms with E-state index in [1.54, 1.807) is 32.4 Å². The fraction of sp³-hybridized carbons (Fsp3) is 0.222. The highest BCUT2D eigenvalue weighted by molar-refractivity contribution is 7.71. The third kappa shape index (κ3) is 3.83. The van der Waals surface area contributed by atoms with Crippen LogP contribution in [0.15, 0.2) is 46.9 Å². The van der Waals surface area contributed by atoms with Crippen molar-refractivity contribution in [2.75, 3.05) is 19.5 Å². The zero-order chi connectivity index (χ0) is 17.8. The van der Waals surface area contributed by atoms with Crippen molar-refractivity contribution in [2.24, 2.45) is 0 Å². The lowest BCUT2D eigenvalue weighted by atomic mass is 10.2. The van der Waals surface area contributed by atoms with E-state index in [1.807, 2.05) is 28.8 Å². The molecule has 6 nitrogen and oxygen atoms in total. The second-order valence-corrected chi connectivity index (χ2v) is 5.74. The summed E-state index contributed by atoms with van der Waals surface area (Å²) in [5, 5.41) is 2.84.